The minimum atomic E-state index is 0.411. The fourth-order valence-electron chi connectivity index (χ4n) is 2.78. The van der Waals surface area contributed by atoms with E-state index in [0.29, 0.717) is 6.04 Å². The van der Waals surface area contributed by atoms with Crippen LogP contribution in [-0.2, 0) is 0 Å². The molecule has 3 aromatic rings. The zero-order valence-corrected chi connectivity index (χ0v) is 12.9. The van der Waals surface area contributed by atoms with E-state index in [-0.39, 0.29) is 0 Å². The van der Waals surface area contributed by atoms with Gasteiger partial charge in [0.15, 0.2) is 0 Å². The molecule has 1 heteroatoms. The van der Waals surface area contributed by atoms with Gasteiger partial charge in [-0.1, -0.05) is 48.0 Å². The minimum absolute atomic E-state index is 0.411. The van der Waals surface area contributed by atoms with Gasteiger partial charge in [0.25, 0.3) is 0 Å². The Kier molecular flexibility index (Phi) is 3.66. The second-order valence-electron chi connectivity index (χ2n) is 5.83. The number of nitrogens with zero attached hydrogens (tertiary/aromatic N) is 1. The van der Waals surface area contributed by atoms with E-state index in [9.17, 15) is 0 Å². The van der Waals surface area contributed by atoms with E-state index in [1.165, 1.54) is 27.7 Å². The topological polar surface area (TPSA) is 3.24 Å². The van der Waals surface area contributed by atoms with E-state index in [0.717, 1.165) is 0 Å². The second kappa shape index (κ2) is 5.61. The Hall–Kier alpha value is -2.28. The third kappa shape index (κ3) is 2.78. The van der Waals surface area contributed by atoms with Crippen molar-refractivity contribution in [2.75, 3.05) is 4.90 Å². The first-order valence-corrected chi connectivity index (χ1v) is 7.50. The average Bonchev–Trinajstić information content (AvgIpc) is 2.49. The first-order chi connectivity index (χ1) is 10.1. The Morgan fingerprint density at radius 3 is 2.00 bits per heavy atom. The van der Waals surface area contributed by atoms with Gasteiger partial charge in [-0.05, 0) is 55.8 Å². The second-order valence-corrected chi connectivity index (χ2v) is 5.83. The zero-order valence-electron chi connectivity index (χ0n) is 12.9. The van der Waals surface area contributed by atoms with E-state index in [1.807, 2.05) is 0 Å². The van der Waals surface area contributed by atoms with E-state index in [4.69, 9.17) is 0 Å². The van der Waals surface area contributed by atoms with Crippen molar-refractivity contribution in [2.24, 2.45) is 0 Å². The van der Waals surface area contributed by atoms with Gasteiger partial charge in [-0.2, -0.15) is 0 Å². The summed E-state index contributed by atoms with van der Waals surface area (Å²) in [6, 6.07) is 24.4. The lowest BCUT2D eigenvalue weighted by Crippen LogP contribution is -2.25. The molecule has 21 heavy (non-hydrogen) atoms. The van der Waals surface area contributed by atoms with Crippen molar-refractivity contribution in [2.45, 2.75) is 26.8 Å². The van der Waals surface area contributed by atoms with Crippen molar-refractivity contribution in [1.82, 2.24) is 0 Å². The van der Waals surface area contributed by atoms with Crippen LogP contribution in [0.2, 0.25) is 0 Å². The SMILES string of the molecule is Cc1ccc(N(c2ccc3ccccc3c2)C(C)C)cc1. The largest absolute Gasteiger partial charge is 0.339 e. The highest BCUT2D eigenvalue weighted by Crippen LogP contribution is 2.30. The number of rotatable bonds is 3. The molecule has 0 aliphatic rings. The third-order valence-electron chi connectivity index (χ3n) is 3.84. The van der Waals surface area contributed by atoms with Crippen LogP contribution in [0.25, 0.3) is 10.8 Å². The molecule has 0 spiro atoms. The summed E-state index contributed by atoms with van der Waals surface area (Å²) >= 11 is 0. The molecule has 0 amide bonds. The molecule has 0 atom stereocenters. The molecule has 3 aromatic carbocycles. The van der Waals surface area contributed by atoms with Crippen molar-refractivity contribution in [3.63, 3.8) is 0 Å². The van der Waals surface area contributed by atoms with Crippen LogP contribution in [0.1, 0.15) is 19.4 Å². The van der Waals surface area contributed by atoms with Gasteiger partial charge < -0.3 is 4.90 Å². The molecule has 0 radical (unpaired) electrons. The number of fused-ring (bicyclic) bond motifs is 1. The Balaban J connectivity index is 2.08. The van der Waals surface area contributed by atoms with E-state index in [1.54, 1.807) is 0 Å². The Morgan fingerprint density at radius 1 is 0.714 bits per heavy atom. The molecule has 3 rings (SSSR count). The average molecular weight is 275 g/mol. The number of hydrogen-bond acceptors (Lipinski definition) is 1. The van der Waals surface area contributed by atoms with Crippen LogP contribution in [0.15, 0.2) is 66.7 Å². The van der Waals surface area contributed by atoms with Gasteiger partial charge in [0, 0.05) is 17.4 Å². The number of hydrogen-bond donors (Lipinski definition) is 0. The van der Waals surface area contributed by atoms with Crippen LogP contribution >= 0.6 is 0 Å². The summed E-state index contributed by atoms with van der Waals surface area (Å²) in [6.07, 6.45) is 0. The van der Waals surface area contributed by atoms with Gasteiger partial charge in [0.1, 0.15) is 0 Å². The highest BCUT2D eigenvalue weighted by Gasteiger charge is 2.13. The molecule has 0 heterocycles. The van der Waals surface area contributed by atoms with Crippen LogP contribution in [0.5, 0.6) is 0 Å². The van der Waals surface area contributed by atoms with Gasteiger partial charge in [-0.15, -0.1) is 0 Å². The first kappa shape index (κ1) is 13.7. The predicted molar refractivity (Wildman–Crippen MR) is 92.4 cm³/mol. The van der Waals surface area contributed by atoms with Crippen LogP contribution in [0, 0.1) is 6.92 Å². The summed E-state index contributed by atoms with van der Waals surface area (Å²) in [6.45, 7) is 6.59. The van der Waals surface area contributed by atoms with E-state index in [2.05, 4.69) is 92.4 Å². The fraction of sp³-hybridized carbons (Fsp3) is 0.200. The molecule has 0 saturated heterocycles. The molecule has 0 N–H and O–H groups in total. The summed E-state index contributed by atoms with van der Waals surface area (Å²) in [5, 5.41) is 2.57. The molecule has 0 fully saturated rings. The lowest BCUT2D eigenvalue weighted by Gasteiger charge is -2.29. The highest BCUT2D eigenvalue weighted by molar-refractivity contribution is 5.87. The van der Waals surface area contributed by atoms with Gasteiger partial charge in [-0.25, -0.2) is 0 Å². The maximum atomic E-state index is 2.38. The van der Waals surface area contributed by atoms with Gasteiger partial charge in [0.2, 0.25) is 0 Å². The van der Waals surface area contributed by atoms with E-state index < -0.39 is 0 Å². The van der Waals surface area contributed by atoms with Crippen LogP contribution in [0.4, 0.5) is 11.4 Å². The third-order valence-corrected chi connectivity index (χ3v) is 3.84. The van der Waals surface area contributed by atoms with Crippen molar-refractivity contribution >= 4 is 22.1 Å². The molecule has 1 nitrogen and oxygen atoms in total. The zero-order chi connectivity index (χ0) is 14.8. The molecule has 0 unspecified atom stereocenters. The maximum Gasteiger partial charge on any atom is 0.0419 e. The first-order valence-electron chi connectivity index (χ1n) is 7.50. The molecule has 106 valence electrons. The highest BCUT2D eigenvalue weighted by atomic mass is 15.2. The smallest absolute Gasteiger partial charge is 0.0419 e. The summed E-state index contributed by atoms with van der Waals surface area (Å²) in [7, 11) is 0. The predicted octanol–water partition coefficient (Wildman–Crippen LogP) is 5.69. The van der Waals surface area contributed by atoms with Crippen molar-refractivity contribution in [3.05, 3.63) is 72.3 Å². The quantitative estimate of drug-likeness (QED) is 0.593. The van der Waals surface area contributed by atoms with Crippen molar-refractivity contribution < 1.29 is 0 Å². The molecule has 0 aliphatic carbocycles. The minimum Gasteiger partial charge on any atom is -0.339 e. The van der Waals surface area contributed by atoms with Crippen LogP contribution in [-0.4, -0.2) is 6.04 Å². The standard InChI is InChI=1S/C20H21N/c1-15(2)21(19-11-8-16(3)9-12-19)20-13-10-17-6-4-5-7-18(17)14-20/h4-15H,1-3H3. The van der Waals surface area contributed by atoms with Gasteiger partial charge >= 0.3 is 0 Å². The molecule has 0 aliphatic heterocycles. The lowest BCUT2D eigenvalue weighted by atomic mass is 10.1. The molecule has 0 aromatic heterocycles. The maximum absolute atomic E-state index is 2.38. The number of benzene rings is 3. The summed E-state index contributed by atoms with van der Waals surface area (Å²) in [5.41, 5.74) is 3.78. The summed E-state index contributed by atoms with van der Waals surface area (Å²) < 4.78 is 0. The number of aryl methyl sites for hydroxylation is 1. The summed E-state index contributed by atoms with van der Waals surface area (Å²) in [4.78, 5) is 2.38. The van der Waals surface area contributed by atoms with E-state index >= 15 is 0 Å². The monoisotopic (exact) mass is 275 g/mol. The number of anilines is 2. The molecule has 0 bridgehead atoms. The molecule has 0 saturated carbocycles. The lowest BCUT2D eigenvalue weighted by molar-refractivity contribution is 0.789. The van der Waals surface area contributed by atoms with Gasteiger partial charge in [0.05, 0.1) is 0 Å². The van der Waals surface area contributed by atoms with Crippen LogP contribution in [0.3, 0.4) is 0 Å². The Labute approximate surface area is 126 Å². The normalized spacial score (nSPS) is 11.0. The molecular weight excluding hydrogens is 254 g/mol. The van der Waals surface area contributed by atoms with Crippen LogP contribution < -0.4 is 4.90 Å². The Bertz CT molecular complexity index is 741. The van der Waals surface area contributed by atoms with Crippen molar-refractivity contribution in [3.8, 4) is 0 Å². The van der Waals surface area contributed by atoms with Crippen molar-refractivity contribution in [1.29, 1.82) is 0 Å². The van der Waals surface area contributed by atoms with Gasteiger partial charge in [-0.3, -0.25) is 0 Å². The fourth-order valence-corrected chi connectivity index (χ4v) is 2.78. The molecular formula is C20H21N. The summed E-state index contributed by atoms with van der Waals surface area (Å²) in [5.74, 6) is 0. The Morgan fingerprint density at radius 2 is 1.33 bits per heavy atom.